The fraction of sp³-hybridized carbons (Fsp3) is 0.932. The zero-order chi connectivity index (χ0) is 48.8. The third-order valence-corrected chi connectivity index (χ3v) is 14.6. The lowest BCUT2D eigenvalue weighted by atomic mass is 10.0. The maximum absolute atomic E-state index is 13.0. The van der Waals surface area contributed by atoms with Crippen LogP contribution in [0.3, 0.4) is 0 Å². The quantitative estimate of drug-likeness (QED) is 0.0471. The van der Waals surface area contributed by atoms with Gasteiger partial charge in [-0.1, -0.05) is 200 Å². The van der Waals surface area contributed by atoms with E-state index in [0.29, 0.717) is 12.8 Å². The van der Waals surface area contributed by atoms with E-state index in [1.165, 1.54) is 219 Å². The van der Waals surface area contributed by atoms with Gasteiger partial charge in [-0.3, -0.25) is 19.2 Å². The standard InChI is InChI=1S/C59H113N5O4/c1-5-9-13-17-23-31-41-56(42-32-24-18-14-10-6-2)67-58(65)45-35-27-21-29-37-47-62(51-52-64-54-55(60-61-64)53-63-49-39-40-50-63)48-38-30-22-28-36-46-59(66)68-57(43-33-25-19-15-11-7-3)44-34-26-20-16-12-8-4/h54,56-57H,5-53H2,1-4H3. The van der Waals surface area contributed by atoms with Gasteiger partial charge in [0.2, 0.25) is 0 Å². The molecular weight excluding hydrogens is 843 g/mol. The van der Waals surface area contributed by atoms with Gasteiger partial charge in [0.05, 0.1) is 12.2 Å². The van der Waals surface area contributed by atoms with Gasteiger partial charge in [0, 0.05) is 32.1 Å². The van der Waals surface area contributed by atoms with E-state index in [-0.39, 0.29) is 24.1 Å². The molecule has 398 valence electrons. The van der Waals surface area contributed by atoms with Gasteiger partial charge >= 0.3 is 11.9 Å². The van der Waals surface area contributed by atoms with Gasteiger partial charge in [0.25, 0.3) is 0 Å². The van der Waals surface area contributed by atoms with Crippen molar-refractivity contribution < 1.29 is 19.1 Å². The zero-order valence-corrected chi connectivity index (χ0v) is 45.7. The first kappa shape index (κ1) is 62.1. The summed E-state index contributed by atoms with van der Waals surface area (Å²) >= 11 is 0. The van der Waals surface area contributed by atoms with Crippen LogP contribution >= 0.6 is 0 Å². The fourth-order valence-corrected chi connectivity index (χ4v) is 10.2. The summed E-state index contributed by atoms with van der Waals surface area (Å²) in [4.78, 5) is 31.1. The van der Waals surface area contributed by atoms with Gasteiger partial charge in [0.1, 0.15) is 12.2 Å². The van der Waals surface area contributed by atoms with Crippen LogP contribution in [0.15, 0.2) is 6.20 Å². The molecule has 0 aromatic carbocycles. The van der Waals surface area contributed by atoms with Gasteiger partial charge in [-0.25, -0.2) is 0 Å². The van der Waals surface area contributed by atoms with Crippen LogP contribution in [-0.2, 0) is 32.2 Å². The van der Waals surface area contributed by atoms with Gasteiger partial charge in [-0.05, 0) is 116 Å². The minimum atomic E-state index is 0.0287. The molecule has 68 heavy (non-hydrogen) atoms. The minimum Gasteiger partial charge on any atom is -0.462 e. The van der Waals surface area contributed by atoms with Gasteiger partial charge in [-0.15, -0.1) is 5.10 Å². The van der Waals surface area contributed by atoms with Crippen LogP contribution in [-0.4, -0.2) is 81.7 Å². The number of hydrogen-bond acceptors (Lipinski definition) is 8. The third-order valence-electron chi connectivity index (χ3n) is 14.6. The Morgan fingerprint density at radius 1 is 0.485 bits per heavy atom. The van der Waals surface area contributed by atoms with Crippen molar-refractivity contribution in [2.75, 3.05) is 32.7 Å². The molecule has 9 nitrogen and oxygen atoms in total. The third kappa shape index (κ3) is 36.9. The second kappa shape index (κ2) is 46.1. The summed E-state index contributed by atoms with van der Waals surface area (Å²) in [5, 5.41) is 9.01. The molecule has 0 aliphatic carbocycles. The molecule has 2 heterocycles. The highest BCUT2D eigenvalue weighted by molar-refractivity contribution is 5.69. The molecule has 1 saturated heterocycles. The lowest BCUT2D eigenvalue weighted by Crippen LogP contribution is -2.30. The van der Waals surface area contributed by atoms with Crippen LogP contribution in [0.25, 0.3) is 0 Å². The number of hydrogen-bond donors (Lipinski definition) is 0. The number of nitrogens with zero attached hydrogens (tertiary/aromatic N) is 5. The summed E-state index contributed by atoms with van der Waals surface area (Å²) in [6, 6.07) is 0. The predicted octanol–water partition coefficient (Wildman–Crippen LogP) is 16.7. The average molecular weight is 957 g/mol. The summed E-state index contributed by atoms with van der Waals surface area (Å²) in [6.07, 6.45) is 52.2. The lowest BCUT2D eigenvalue weighted by molar-refractivity contribution is -0.151. The molecule has 0 saturated carbocycles. The Morgan fingerprint density at radius 2 is 0.838 bits per heavy atom. The number of ether oxygens (including phenoxy) is 2. The van der Waals surface area contributed by atoms with E-state index in [1.807, 2.05) is 4.68 Å². The molecule has 0 N–H and O–H groups in total. The van der Waals surface area contributed by atoms with Crippen molar-refractivity contribution in [3.05, 3.63) is 11.9 Å². The summed E-state index contributed by atoms with van der Waals surface area (Å²) in [5.41, 5.74) is 1.09. The molecule has 1 aromatic rings. The van der Waals surface area contributed by atoms with E-state index in [9.17, 15) is 9.59 Å². The molecule has 2 rings (SSSR count). The molecular formula is C59H113N5O4. The highest BCUT2D eigenvalue weighted by atomic mass is 16.5. The number of likely N-dealkylation sites (tertiary alicyclic amines) is 1. The highest BCUT2D eigenvalue weighted by Crippen LogP contribution is 2.21. The Bertz CT molecular complexity index is 1160. The van der Waals surface area contributed by atoms with Crippen molar-refractivity contribution in [2.24, 2.45) is 0 Å². The molecule has 9 heteroatoms. The summed E-state index contributed by atoms with van der Waals surface area (Å²) in [6.45, 7) is 16.4. The van der Waals surface area contributed by atoms with Gasteiger partial charge in [-0.2, -0.15) is 0 Å². The molecule has 1 aromatic heterocycles. The number of carbonyl (C=O) groups excluding carboxylic acids is 2. The number of aromatic nitrogens is 3. The van der Waals surface area contributed by atoms with Crippen molar-refractivity contribution in [2.45, 2.75) is 323 Å². The molecule has 0 bridgehead atoms. The summed E-state index contributed by atoms with van der Waals surface area (Å²) in [5.74, 6) is 0.0574. The Labute approximate surface area is 421 Å². The normalized spacial score (nSPS) is 13.2. The molecule has 1 aliphatic rings. The largest absolute Gasteiger partial charge is 0.462 e. The van der Waals surface area contributed by atoms with Crippen molar-refractivity contribution in [1.29, 1.82) is 0 Å². The monoisotopic (exact) mass is 956 g/mol. The van der Waals surface area contributed by atoms with Crippen molar-refractivity contribution in [3.8, 4) is 0 Å². The number of rotatable bonds is 51. The average Bonchev–Trinajstić information content (AvgIpc) is 4.03. The lowest BCUT2D eigenvalue weighted by Gasteiger charge is -2.22. The Morgan fingerprint density at radius 3 is 1.24 bits per heavy atom. The van der Waals surface area contributed by atoms with Gasteiger partial charge in [0.15, 0.2) is 0 Å². The molecule has 0 atom stereocenters. The van der Waals surface area contributed by atoms with Gasteiger partial charge < -0.3 is 14.4 Å². The van der Waals surface area contributed by atoms with Crippen LogP contribution < -0.4 is 0 Å². The molecule has 0 amide bonds. The number of unbranched alkanes of at least 4 members (excludes halogenated alkanes) is 28. The number of carbonyl (C=O) groups is 2. The van der Waals surface area contributed by atoms with Crippen LogP contribution in [0.1, 0.15) is 303 Å². The molecule has 0 unspecified atom stereocenters. The topological polar surface area (TPSA) is 89.8 Å². The highest BCUT2D eigenvalue weighted by Gasteiger charge is 2.17. The Hall–Kier alpha value is -2.00. The Kier molecular flexibility index (Phi) is 42.1. The van der Waals surface area contributed by atoms with E-state index < -0.39 is 0 Å². The maximum Gasteiger partial charge on any atom is 0.306 e. The van der Waals surface area contributed by atoms with E-state index in [4.69, 9.17) is 9.47 Å². The summed E-state index contributed by atoms with van der Waals surface area (Å²) < 4.78 is 14.3. The van der Waals surface area contributed by atoms with Crippen molar-refractivity contribution >= 4 is 11.9 Å². The van der Waals surface area contributed by atoms with Crippen LogP contribution in [0.4, 0.5) is 0 Å². The van der Waals surface area contributed by atoms with Crippen molar-refractivity contribution in [3.63, 3.8) is 0 Å². The van der Waals surface area contributed by atoms with E-state index in [1.54, 1.807) is 0 Å². The minimum absolute atomic E-state index is 0.0287. The van der Waals surface area contributed by atoms with Crippen LogP contribution in [0.5, 0.6) is 0 Å². The molecule has 0 radical (unpaired) electrons. The second-order valence-corrected chi connectivity index (χ2v) is 21.3. The Balaban J connectivity index is 1.73. The predicted molar refractivity (Wildman–Crippen MR) is 288 cm³/mol. The molecule has 1 fully saturated rings. The van der Waals surface area contributed by atoms with Crippen molar-refractivity contribution in [1.82, 2.24) is 24.8 Å². The smallest absolute Gasteiger partial charge is 0.306 e. The first-order valence-electron chi connectivity index (χ1n) is 30.2. The SMILES string of the molecule is CCCCCCCCC(CCCCCCCC)OC(=O)CCCCCCCN(CCCCCCCC(=O)OC(CCCCCCCC)CCCCCCCC)CCn1cc(CN2CCCC2)nn1. The summed E-state index contributed by atoms with van der Waals surface area (Å²) in [7, 11) is 0. The van der Waals surface area contributed by atoms with E-state index in [2.05, 4.69) is 54.0 Å². The fourth-order valence-electron chi connectivity index (χ4n) is 10.2. The van der Waals surface area contributed by atoms with Crippen LogP contribution in [0, 0.1) is 0 Å². The molecule has 1 aliphatic heterocycles. The number of esters is 2. The van der Waals surface area contributed by atoms with Crippen LogP contribution in [0.2, 0.25) is 0 Å². The first-order chi connectivity index (χ1) is 33.5. The second-order valence-electron chi connectivity index (χ2n) is 21.3. The molecule has 0 spiro atoms. The zero-order valence-electron chi connectivity index (χ0n) is 45.7. The van der Waals surface area contributed by atoms with E-state index in [0.717, 1.165) is 89.8 Å². The first-order valence-corrected chi connectivity index (χ1v) is 30.2. The maximum atomic E-state index is 13.0. The van der Waals surface area contributed by atoms with E-state index >= 15 is 0 Å².